The molecule has 1 rings (SSSR count). The molecular weight excluding hydrogens is 346 g/mol. The molecule has 0 saturated heterocycles. The van der Waals surface area contributed by atoms with Crippen molar-refractivity contribution in [3.8, 4) is 5.75 Å². The predicted octanol–water partition coefficient (Wildman–Crippen LogP) is 3.37. The Balaban J connectivity index is 2.68. The normalized spacial score (nSPS) is 12.0. The van der Waals surface area contributed by atoms with Crippen molar-refractivity contribution in [2.75, 3.05) is 6.61 Å². The number of rotatable bonds is 3. The summed E-state index contributed by atoms with van der Waals surface area (Å²) in [5, 5.41) is -0.592. The van der Waals surface area contributed by atoms with Gasteiger partial charge in [0.05, 0.1) is 10.6 Å². The maximum Gasteiger partial charge on any atom is 0.490 e. The number of hydrogen-bond acceptors (Lipinski definition) is 4. The molecule has 0 aliphatic heterocycles. The molecule has 4 nitrogen and oxygen atoms in total. The van der Waals surface area contributed by atoms with Gasteiger partial charge in [-0.1, -0.05) is 11.6 Å². The second kappa shape index (κ2) is 6.42. The lowest BCUT2D eigenvalue weighted by molar-refractivity contribution is -0.200. The summed E-state index contributed by atoms with van der Waals surface area (Å²) in [5.41, 5.74) is -1.11. The van der Waals surface area contributed by atoms with E-state index in [4.69, 9.17) is 11.6 Å². The van der Waals surface area contributed by atoms with Crippen LogP contribution in [0.4, 0.5) is 26.3 Å². The molecule has 1 aromatic carbocycles. The summed E-state index contributed by atoms with van der Waals surface area (Å²) >= 11 is 5.45. The molecule has 0 atom stereocenters. The molecule has 0 spiro atoms. The SMILES string of the molecule is O=C(COC(=O)C(F)(F)F)Oc1ccc(C(F)(F)F)cc1Cl. The highest BCUT2D eigenvalue weighted by molar-refractivity contribution is 6.32. The molecule has 11 heteroatoms. The molecule has 122 valence electrons. The number of ether oxygens (including phenoxy) is 2. The van der Waals surface area contributed by atoms with Gasteiger partial charge in [0, 0.05) is 0 Å². The van der Waals surface area contributed by atoms with Gasteiger partial charge in [0.1, 0.15) is 5.75 Å². The molecule has 0 unspecified atom stereocenters. The van der Waals surface area contributed by atoms with Crippen LogP contribution in [0.2, 0.25) is 5.02 Å². The third-order valence-corrected chi connectivity index (χ3v) is 2.33. The highest BCUT2D eigenvalue weighted by Gasteiger charge is 2.41. The molecule has 1 aromatic rings. The maximum atomic E-state index is 12.4. The summed E-state index contributed by atoms with van der Waals surface area (Å²) in [4.78, 5) is 21.5. The van der Waals surface area contributed by atoms with E-state index in [1.165, 1.54) is 0 Å². The van der Waals surface area contributed by atoms with E-state index >= 15 is 0 Å². The molecule has 0 amide bonds. The lowest BCUT2D eigenvalue weighted by atomic mass is 10.2. The van der Waals surface area contributed by atoms with Gasteiger partial charge in [-0.2, -0.15) is 26.3 Å². The van der Waals surface area contributed by atoms with E-state index in [0.29, 0.717) is 18.2 Å². The quantitative estimate of drug-likeness (QED) is 0.476. The minimum absolute atomic E-state index is 0.464. The molecule has 0 aliphatic carbocycles. The minimum Gasteiger partial charge on any atom is -0.447 e. The van der Waals surface area contributed by atoms with Crippen LogP contribution in [0.3, 0.4) is 0 Å². The molecule has 0 heterocycles. The summed E-state index contributed by atoms with van der Waals surface area (Å²) < 4.78 is 80.4. The number of carbonyl (C=O) groups excluding carboxylic acids is 2. The zero-order valence-corrected chi connectivity index (χ0v) is 11.0. The number of carbonyl (C=O) groups is 2. The van der Waals surface area contributed by atoms with E-state index in [1.807, 2.05) is 0 Å². The van der Waals surface area contributed by atoms with Crippen LogP contribution in [0.25, 0.3) is 0 Å². The number of hydrogen-bond donors (Lipinski definition) is 0. The fourth-order valence-electron chi connectivity index (χ4n) is 1.12. The van der Waals surface area contributed by atoms with Crippen LogP contribution in [-0.4, -0.2) is 24.7 Å². The van der Waals surface area contributed by atoms with Crippen LogP contribution in [0, 0.1) is 0 Å². The van der Waals surface area contributed by atoms with Gasteiger partial charge >= 0.3 is 24.3 Å². The van der Waals surface area contributed by atoms with Gasteiger partial charge in [-0.25, -0.2) is 9.59 Å². The molecule has 0 aliphatic rings. The lowest BCUT2D eigenvalue weighted by Crippen LogP contribution is -2.29. The molecule has 0 bridgehead atoms. The van der Waals surface area contributed by atoms with Gasteiger partial charge in [-0.15, -0.1) is 0 Å². The van der Waals surface area contributed by atoms with Crippen LogP contribution in [0.15, 0.2) is 18.2 Å². The van der Waals surface area contributed by atoms with Gasteiger partial charge in [-0.3, -0.25) is 0 Å². The number of benzene rings is 1. The molecule has 0 N–H and O–H groups in total. The Hall–Kier alpha value is -1.97. The summed E-state index contributed by atoms with van der Waals surface area (Å²) in [6.45, 7) is -1.38. The third-order valence-electron chi connectivity index (χ3n) is 2.04. The Morgan fingerprint density at radius 3 is 2.14 bits per heavy atom. The van der Waals surface area contributed by atoms with Crippen molar-refractivity contribution in [1.29, 1.82) is 0 Å². The van der Waals surface area contributed by atoms with Gasteiger partial charge in [0.2, 0.25) is 0 Å². The molecule has 0 radical (unpaired) electrons. The Bertz CT molecular complexity index is 581. The molecular formula is C11H5ClF6O4. The first-order valence-electron chi connectivity index (χ1n) is 5.22. The largest absolute Gasteiger partial charge is 0.490 e. The van der Waals surface area contributed by atoms with Crippen LogP contribution >= 0.6 is 11.6 Å². The van der Waals surface area contributed by atoms with Gasteiger partial charge in [0.15, 0.2) is 6.61 Å². The van der Waals surface area contributed by atoms with E-state index < -0.39 is 47.2 Å². The summed E-state index contributed by atoms with van der Waals surface area (Å²) in [6.07, 6.45) is -9.96. The number of alkyl halides is 6. The fourth-order valence-corrected chi connectivity index (χ4v) is 1.34. The van der Waals surface area contributed by atoms with Crippen molar-refractivity contribution in [1.82, 2.24) is 0 Å². The van der Waals surface area contributed by atoms with Crippen molar-refractivity contribution in [3.05, 3.63) is 28.8 Å². The van der Waals surface area contributed by atoms with Crippen molar-refractivity contribution in [2.24, 2.45) is 0 Å². The Labute approximate surface area is 123 Å². The Morgan fingerprint density at radius 1 is 1.09 bits per heavy atom. The van der Waals surface area contributed by atoms with Crippen LogP contribution < -0.4 is 4.74 Å². The van der Waals surface area contributed by atoms with E-state index in [0.717, 1.165) is 0 Å². The van der Waals surface area contributed by atoms with Crippen LogP contribution in [0.1, 0.15) is 5.56 Å². The van der Waals surface area contributed by atoms with Crippen molar-refractivity contribution >= 4 is 23.5 Å². The molecule has 22 heavy (non-hydrogen) atoms. The number of esters is 2. The average Bonchev–Trinajstić information content (AvgIpc) is 2.36. The smallest absolute Gasteiger partial charge is 0.447 e. The number of halogens is 7. The van der Waals surface area contributed by atoms with Crippen LogP contribution in [0.5, 0.6) is 5.75 Å². The maximum absolute atomic E-state index is 12.4. The zero-order valence-electron chi connectivity index (χ0n) is 10.2. The van der Waals surface area contributed by atoms with Gasteiger partial charge in [-0.05, 0) is 18.2 Å². The van der Waals surface area contributed by atoms with Crippen molar-refractivity contribution < 1.29 is 45.4 Å². The van der Waals surface area contributed by atoms with E-state index in [2.05, 4.69) is 9.47 Å². The summed E-state index contributed by atoms with van der Waals surface area (Å²) in [5.74, 6) is -4.58. The first-order chi connectivity index (χ1) is 9.91. The van der Waals surface area contributed by atoms with E-state index in [-0.39, 0.29) is 0 Å². The summed E-state index contributed by atoms with van der Waals surface area (Å²) in [7, 11) is 0. The monoisotopic (exact) mass is 350 g/mol. The van der Waals surface area contributed by atoms with Crippen LogP contribution in [-0.2, 0) is 20.5 Å². The molecule has 0 fully saturated rings. The minimum atomic E-state index is -5.29. The molecule has 0 saturated carbocycles. The van der Waals surface area contributed by atoms with Gasteiger partial charge < -0.3 is 9.47 Å². The first kappa shape index (κ1) is 18.1. The average molecular weight is 351 g/mol. The highest BCUT2D eigenvalue weighted by Crippen LogP contribution is 2.34. The summed E-state index contributed by atoms with van der Waals surface area (Å²) in [6, 6.07) is 1.72. The topological polar surface area (TPSA) is 52.6 Å². The van der Waals surface area contributed by atoms with Crippen molar-refractivity contribution in [2.45, 2.75) is 12.4 Å². The van der Waals surface area contributed by atoms with E-state index in [1.54, 1.807) is 0 Å². The third kappa shape index (κ3) is 5.10. The Morgan fingerprint density at radius 2 is 1.68 bits per heavy atom. The fraction of sp³-hybridized carbons (Fsp3) is 0.273. The zero-order chi connectivity index (χ0) is 17.1. The lowest BCUT2D eigenvalue weighted by Gasteiger charge is -2.10. The highest BCUT2D eigenvalue weighted by atomic mass is 35.5. The first-order valence-corrected chi connectivity index (χ1v) is 5.60. The van der Waals surface area contributed by atoms with Crippen molar-refractivity contribution in [3.63, 3.8) is 0 Å². The second-order valence-electron chi connectivity index (χ2n) is 3.69. The van der Waals surface area contributed by atoms with Gasteiger partial charge in [0.25, 0.3) is 0 Å². The molecule has 0 aromatic heterocycles. The Kier molecular flexibility index (Phi) is 5.28. The predicted molar refractivity (Wildman–Crippen MR) is 59.1 cm³/mol. The standard InChI is InChI=1S/C11H5ClF6O4/c12-6-3-5(10(13,14)15)1-2-7(6)22-8(19)4-21-9(20)11(16,17)18/h1-3H,4H2. The second-order valence-corrected chi connectivity index (χ2v) is 4.10. The van der Waals surface area contributed by atoms with E-state index in [9.17, 15) is 35.9 Å².